The van der Waals surface area contributed by atoms with Crippen LogP contribution in [0.4, 0.5) is 0 Å². The van der Waals surface area contributed by atoms with E-state index in [-0.39, 0.29) is 5.91 Å². The van der Waals surface area contributed by atoms with Gasteiger partial charge >= 0.3 is 0 Å². The number of nitrogens with two attached hydrogens (primary N) is 1. The van der Waals surface area contributed by atoms with Gasteiger partial charge < -0.3 is 5.73 Å². The summed E-state index contributed by atoms with van der Waals surface area (Å²) in [5.74, 6) is -0.274. The number of rotatable bonds is 2. The fourth-order valence-electron chi connectivity index (χ4n) is 1.18. The number of hydrogen-bond acceptors (Lipinski definition) is 1. The molecule has 0 unspecified atom stereocenters. The van der Waals surface area contributed by atoms with Gasteiger partial charge in [0, 0.05) is 0 Å². The summed E-state index contributed by atoms with van der Waals surface area (Å²) in [5.41, 5.74) is 8.42. The van der Waals surface area contributed by atoms with Gasteiger partial charge in [-0.3, -0.25) is 4.79 Å². The van der Waals surface area contributed by atoms with Crippen molar-refractivity contribution in [3.05, 3.63) is 34.9 Å². The highest BCUT2D eigenvalue weighted by Crippen LogP contribution is 2.10. The van der Waals surface area contributed by atoms with E-state index < -0.39 is 0 Å². The Bertz CT molecular complexity index is 305. The molecule has 2 nitrogen and oxygen atoms in total. The molecule has 0 heterocycles. The summed E-state index contributed by atoms with van der Waals surface area (Å²) in [6.07, 6.45) is 0.341. The molecule has 2 heteroatoms. The standard InChI is InChI=1S/C10H13NO/c1-7-3-4-8(2)9(5-7)6-10(11)12/h3-5H,6H2,1-2H3,(H2,11,12). The molecule has 0 bridgehead atoms. The molecule has 0 atom stereocenters. The summed E-state index contributed by atoms with van der Waals surface area (Å²) in [6, 6.07) is 6.04. The molecule has 0 spiro atoms. The zero-order chi connectivity index (χ0) is 9.14. The van der Waals surface area contributed by atoms with Gasteiger partial charge in [-0.15, -0.1) is 0 Å². The van der Waals surface area contributed by atoms with Crippen LogP contribution in [0.25, 0.3) is 0 Å². The van der Waals surface area contributed by atoms with Crippen molar-refractivity contribution in [2.45, 2.75) is 20.3 Å². The highest BCUT2D eigenvalue weighted by Gasteiger charge is 2.01. The molecule has 12 heavy (non-hydrogen) atoms. The normalized spacial score (nSPS) is 9.83. The van der Waals surface area contributed by atoms with Crippen molar-refractivity contribution in [1.29, 1.82) is 0 Å². The maximum absolute atomic E-state index is 10.7. The van der Waals surface area contributed by atoms with Crippen molar-refractivity contribution in [3.8, 4) is 0 Å². The first-order valence-electron chi connectivity index (χ1n) is 3.94. The Kier molecular flexibility index (Phi) is 2.48. The smallest absolute Gasteiger partial charge is 0.221 e. The summed E-state index contributed by atoms with van der Waals surface area (Å²) in [7, 11) is 0. The zero-order valence-corrected chi connectivity index (χ0v) is 7.42. The lowest BCUT2D eigenvalue weighted by atomic mass is 10.0. The number of aryl methyl sites for hydroxylation is 2. The third-order valence-corrected chi connectivity index (χ3v) is 1.87. The Labute approximate surface area is 72.4 Å². The van der Waals surface area contributed by atoms with Crippen molar-refractivity contribution in [2.24, 2.45) is 5.73 Å². The van der Waals surface area contributed by atoms with Gasteiger partial charge in [0.15, 0.2) is 0 Å². The van der Waals surface area contributed by atoms with Crippen molar-refractivity contribution < 1.29 is 4.79 Å². The Morgan fingerprint density at radius 1 is 1.42 bits per heavy atom. The average Bonchev–Trinajstić information content (AvgIpc) is 1.96. The van der Waals surface area contributed by atoms with Crippen molar-refractivity contribution in [2.75, 3.05) is 0 Å². The van der Waals surface area contributed by atoms with Crippen molar-refractivity contribution in [1.82, 2.24) is 0 Å². The van der Waals surface area contributed by atoms with Crippen LogP contribution in [0.1, 0.15) is 16.7 Å². The molecule has 0 aliphatic heterocycles. The Hall–Kier alpha value is -1.31. The van der Waals surface area contributed by atoms with Crippen LogP contribution >= 0.6 is 0 Å². The van der Waals surface area contributed by atoms with E-state index in [9.17, 15) is 4.79 Å². The van der Waals surface area contributed by atoms with Gasteiger partial charge in [0.2, 0.25) is 5.91 Å². The Balaban J connectivity index is 2.97. The maximum Gasteiger partial charge on any atom is 0.221 e. The minimum Gasteiger partial charge on any atom is -0.369 e. The van der Waals surface area contributed by atoms with Crippen LogP contribution in [0, 0.1) is 13.8 Å². The molecule has 1 rings (SSSR count). The molecule has 0 aromatic heterocycles. The van der Waals surface area contributed by atoms with E-state index in [1.807, 2.05) is 32.0 Å². The topological polar surface area (TPSA) is 43.1 Å². The first-order valence-corrected chi connectivity index (χ1v) is 3.94. The van der Waals surface area contributed by atoms with E-state index in [1.165, 1.54) is 0 Å². The summed E-state index contributed by atoms with van der Waals surface area (Å²) in [6.45, 7) is 3.99. The minimum atomic E-state index is -0.274. The van der Waals surface area contributed by atoms with Gasteiger partial charge in [-0.05, 0) is 25.0 Å². The summed E-state index contributed by atoms with van der Waals surface area (Å²) in [5, 5.41) is 0. The second-order valence-corrected chi connectivity index (χ2v) is 3.07. The molecule has 1 amide bonds. The van der Waals surface area contributed by atoms with Crippen LogP contribution in [0.5, 0.6) is 0 Å². The van der Waals surface area contributed by atoms with Gasteiger partial charge in [0.25, 0.3) is 0 Å². The second-order valence-electron chi connectivity index (χ2n) is 3.07. The van der Waals surface area contributed by atoms with Crippen molar-refractivity contribution in [3.63, 3.8) is 0 Å². The minimum absolute atomic E-state index is 0.274. The quantitative estimate of drug-likeness (QED) is 0.702. The SMILES string of the molecule is Cc1ccc(C)c(CC(N)=O)c1. The highest BCUT2D eigenvalue weighted by atomic mass is 16.1. The van der Waals surface area contributed by atoms with E-state index in [4.69, 9.17) is 5.73 Å². The largest absolute Gasteiger partial charge is 0.369 e. The fourth-order valence-corrected chi connectivity index (χ4v) is 1.18. The molecule has 0 saturated heterocycles. The third-order valence-electron chi connectivity index (χ3n) is 1.87. The number of carbonyl (C=O) groups is 1. The van der Waals surface area contributed by atoms with Gasteiger partial charge in [-0.2, -0.15) is 0 Å². The second kappa shape index (κ2) is 3.39. The fraction of sp³-hybridized carbons (Fsp3) is 0.300. The molecule has 1 aromatic rings. The van der Waals surface area contributed by atoms with E-state index >= 15 is 0 Å². The first kappa shape index (κ1) is 8.78. The number of benzene rings is 1. The number of carbonyl (C=O) groups excluding carboxylic acids is 1. The molecule has 1 aromatic carbocycles. The first-order chi connectivity index (χ1) is 5.59. The van der Waals surface area contributed by atoms with Gasteiger partial charge in [-0.25, -0.2) is 0 Å². The zero-order valence-electron chi connectivity index (χ0n) is 7.42. The maximum atomic E-state index is 10.7. The third kappa shape index (κ3) is 2.09. The van der Waals surface area contributed by atoms with Crippen molar-refractivity contribution >= 4 is 5.91 Å². The number of amides is 1. The molecular weight excluding hydrogens is 150 g/mol. The van der Waals surface area contributed by atoms with Gasteiger partial charge in [-0.1, -0.05) is 23.8 Å². The van der Waals surface area contributed by atoms with Crippen LogP contribution in [-0.2, 0) is 11.2 Å². The summed E-state index contributed by atoms with van der Waals surface area (Å²) < 4.78 is 0. The lowest BCUT2D eigenvalue weighted by Crippen LogP contribution is -2.14. The monoisotopic (exact) mass is 163 g/mol. The lowest BCUT2D eigenvalue weighted by Gasteiger charge is -2.03. The predicted molar refractivity (Wildman–Crippen MR) is 48.8 cm³/mol. The summed E-state index contributed by atoms with van der Waals surface area (Å²) in [4.78, 5) is 10.7. The van der Waals surface area contributed by atoms with Crippen LogP contribution in [0.2, 0.25) is 0 Å². The van der Waals surface area contributed by atoms with E-state index in [1.54, 1.807) is 0 Å². The number of hydrogen-bond donors (Lipinski definition) is 1. The molecule has 0 aliphatic rings. The lowest BCUT2D eigenvalue weighted by molar-refractivity contribution is -0.117. The molecule has 0 radical (unpaired) electrons. The van der Waals surface area contributed by atoms with E-state index in [0.29, 0.717) is 6.42 Å². The van der Waals surface area contributed by atoms with Crippen LogP contribution < -0.4 is 5.73 Å². The Morgan fingerprint density at radius 3 is 2.67 bits per heavy atom. The molecule has 2 N–H and O–H groups in total. The van der Waals surface area contributed by atoms with Crippen LogP contribution in [-0.4, -0.2) is 5.91 Å². The summed E-state index contributed by atoms with van der Waals surface area (Å²) >= 11 is 0. The van der Waals surface area contributed by atoms with Crippen LogP contribution in [0.15, 0.2) is 18.2 Å². The molecule has 0 saturated carbocycles. The molecule has 0 aliphatic carbocycles. The molecule has 0 fully saturated rings. The molecular formula is C10H13NO. The molecule has 64 valence electrons. The van der Waals surface area contributed by atoms with E-state index in [0.717, 1.165) is 16.7 Å². The number of primary amides is 1. The van der Waals surface area contributed by atoms with Gasteiger partial charge in [0.05, 0.1) is 6.42 Å². The van der Waals surface area contributed by atoms with Crippen LogP contribution in [0.3, 0.4) is 0 Å². The predicted octanol–water partition coefficient (Wildman–Crippen LogP) is 1.33. The Morgan fingerprint density at radius 2 is 2.08 bits per heavy atom. The van der Waals surface area contributed by atoms with E-state index in [2.05, 4.69) is 0 Å². The highest BCUT2D eigenvalue weighted by molar-refractivity contribution is 5.77. The van der Waals surface area contributed by atoms with Gasteiger partial charge in [0.1, 0.15) is 0 Å². The average molecular weight is 163 g/mol.